The van der Waals surface area contributed by atoms with Crippen molar-refractivity contribution in [3.05, 3.63) is 51.8 Å². The number of carbonyl (C=O) groups excluding carboxylic acids is 2. The average molecular weight is 461 g/mol. The van der Waals surface area contributed by atoms with E-state index in [2.05, 4.69) is 16.9 Å². The second-order valence-electron chi connectivity index (χ2n) is 8.53. The summed E-state index contributed by atoms with van der Waals surface area (Å²) in [5.74, 6) is -0.00947. The van der Waals surface area contributed by atoms with Gasteiger partial charge in [-0.1, -0.05) is 17.7 Å². The highest BCUT2D eigenvalue weighted by Gasteiger charge is 2.26. The maximum atomic E-state index is 12.8. The Morgan fingerprint density at radius 3 is 2.84 bits per heavy atom. The minimum atomic E-state index is -0.382. The fourth-order valence-electron chi connectivity index (χ4n) is 4.15. The highest BCUT2D eigenvalue weighted by atomic mass is 35.5. The minimum Gasteiger partial charge on any atom is -0.445 e. The van der Waals surface area contributed by atoms with Crippen molar-refractivity contribution in [3.8, 4) is 0 Å². The van der Waals surface area contributed by atoms with Crippen LogP contribution in [0.25, 0.3) is 0 Å². The van der Waals surface area contributed by atoms with Crippen LogP contribution in [0.3, 0.4) is 0 Å². The number of halogens is 1. The van der Waals surface area contributed by atoms with Crippen LogP contribution in [0.1, 0.15) is 40.7 Å². The molecule has 0 spiro atoms. The maximum absolute atomic E-state index is 12.8. The van der Waals surface area contributed by atoms with Crippen molar-refractivity contribution in [1.29, 1.82) is 0 Å². The number of ether oxygens (including phenoxy) is 2. The first-order valence-electron chi connectivity index (χ1n) is 11.0. The predicted octanol–water partition coefficient (Wildman–Crippen LogP) is 3.29. The van der Waals surface area contributed by atoms with Gasteiger partial charge in [0, 0.05) is 30.7 Å². The number of fused-ring (bicyclic) bond motifs is 1. The number of morpholine rings is 1. The van der Waals surface area contributed by atoms with Crippen molar-refractivity contribution in [2.45, 2.75) is 46.0 Å². The second-order valence-corrected chi connectivity index (χ2v) is 8.96. The van der Waals surface area contributed by atoms with Crippen molar-refractivity contribution in [2.75, 3.05) is 32.8 Å². The van der Waals surface area contributed by atoms with Gasteiger partial charge in [0.2, 0.25) is 0 Å². The number of ketones is 1. The van der Waals surface area contributed by atoms with E-state index in [9.17, 15) is 9.59 Å². The molecule has 172 valence electrons. The summed E-state index contributed by atoms with van der Waals surface area (Å²) in [6, 6.07) is 7.62. The number of hydrogen-bond acceptors (Lipinski definition) is 6. The third-order valence-corrected chi connectivity index (χ3v) is 6.09. The summed E-state index contributed by atoms with van der Waals surface area (Å²) in [7, 11) is 0. The maximum Gasteiger partial charge on any atom is 0.410 e. The van der Waals surface area contributed by atoms with Gasteiger partial charge < -0.3 is 14.4 Å². The number of aryl methyl sites for hydroxylation is 2. The molecule has 1 aromatic heterocycles. The van der Waals surface area contributed by atoms with E-state index in [1.165, 1.54) is 0 Å². The Morgan fingerprint density at radius 2 is 2.06 bits per heavy atom. The average Bonchev–Trinajstić information content (AvgIpc) is 3.04. The molecule has 0 aliphatic carbocycles. The summed E-state index contributed by atoms with van der Waals surface area (Å²) >= 11 is 6.09. The zero-order valence-electron chi connectivity index (χ0n) is 18.6. The molecule has 2 aliphatic heterocycles. The van der Waals surface area contributed by atoms with E-state index < -0.39 is 0 Å². The quantitative estimate of drug-likeness (QED) is 0.637. The molecule has 1 amide bonds. The zero-order chi connectivity index (χ0) is 22.7. The van der Waals surface area contributed by atoms with Crippen LogP contribution in [0.15, 0.2) is 24.3 Å². The van der Waals surface area contributed by atoms with Crippen LogP contribution in [0.5, 0.6) is 0 Å². The molecule has 0 bridgehead atoms. The van der Waals surface area contributed by atoms with Gasteiger partial charge in [-0.3, -0.25) is 14.4 Å². The van der Waals surface area contributed by atoms with E-state index in [1.54, 1.807) is 17.0 Å². The highest BCUT2D eigenvalue weighted by Crippen LogP contribution is 2.18. The SMILES string of the molecule is Cc1cc(Cl)cc(COC(=O)N2CCCn3nc(C(=O)CN4CCOCC4C)cc3C2)c1. The fourth-order valence-corrected chi connectivity index (χ4v) is 4.46. The Kier molecular flexibility index (Phi) is 7.13. The van der Waals surface area contributed by atoms with Crippen molar-refractivity contribution in [2.24, 2.45) is 0 Å². The molecule has 8 nitrogen and oxygen atoms in total. The van der Waals surface area contributed by atoms with E-state index >= 15 is 0 Å². The molecule has 9 heteroatoms. The molecular formula is C23H29ClN4O4. The van der Waals surface area contributed by atoms with E-state index in [-0.39, 0.29) is 24.5 Å². The Balaban J connectivity index is 1.38. The lowest BCUT2D eigenvalue weighted by molar-refractivity contribution is 0.00192. The third kappa shape index (κ3) is 5.49. The van der Waals surface area contributed by atoms with E-state index in [0.29, 0.717) is 50.1 Å². The van der Waals surface area contributed by atoms with Gasteiger partial charge >= 0.3 is 6.09 Å². The van der Waals surface area contributed by atoms with Crippen molar-refractivity contribution < 1.29 is 19.1 Å². The Labute approximate surface area is 193 Å². The largest absolute Gasteiger partial charge is 0.445 e. The molecule has 3 heterocycles. The van der Waals surface area contributed by atoms with Crippen LogP contribution in [0, 0.1) is 6.92 Å². The number of Topliss-reactive ketones (excluding diaryl/α,β-unsaturated/α-hetero) is 1. The Hall–Kier alpha value is -2.42. The predicted molar refractivity (Wildman–Crippen MR) is 120 cm³/mol. The Morgan fingerprint density at radius 1 is 1.22 bits per heavy atom. The molecular weight excluding hydrogens is 432 g/mol. The molecule has 4 rings (SSSR count). The molecule has 0 N–H and O–H groups in total. The van der Waals surface area contributed by atoms with E-state index in [0.717, 1.165) is 29.8 Å². The van der Waals surface area contributed by atoms with Crippen LogP contribution >= 0.6 is 11.6 Å². The zero-order valence-corrected chi connectivity index (χ0v) is 19.3. The molecule has 2 aliphatic rings. The molecule has 1 aromatic carbocycles. The van der Waals surface area contributed by atoms with Gasteiger partial charge in [-0.25, -0.2) is 4.79 Å². The molecule has 0 saturated carbocycles. The summed E-state index contributed by atoms with van der Waals surface area (Å²) in [6.07, 6.45) is 0.362. The topological polar surface area (TPSA) is 76.9 Å². The van der Waals surface area contributed by atoms with Crippen molar-refractivity contribution >= 4 is 23.5 Å². The smallest absolute Gasteiger partial charge is 0.410 e. The molecule has 1 fully saturated rings. The van der Waals surface area contributed by atoms with Gasteiger partial charge in [0.1, 0.15) is 12.3 Å². The third-order valence-electron chi connectivity index (χ3n) is 5.87. The van der Waals surface area contributed by atoms with Crippen LogP contribution in [-0.4, -0.2) is 70.3 Å². The number of benzene rings is 1. The number of hydrogen-bond donors (Lipinski definition) is 0. The number of amides is 1. The van der Waals surface area contributed by atoms with Gasteiger partial charge in [0.05, 0.1) is 32.0 Å². The first-order valence-corrected chi connectivity index (χ1v) is 11.4. The van der Waals surface area contributed by atoms with Gasteiger partial charge in [-0.15, -0.1) is 0 Å². The fraction of sp³-hybridized carbons (Fsp3) is 0.522. The molecule has 1 saturated heterocycles. The monoisotopic (exact) mass is 460 g/mol. The van der Waals surface area contributed by atoms with Crippen LogP contribution < -0.4 is 0 Å². The lowest BCUT2D eigenvalue weighted by Gasteiger charge is -2.32. The molecule has 32 heavy (non-hydrogen) atoms. The minimum absolute atomic E-state index is 0.00947. The molecule has 1 unspecified atom stereocenters. The summed E-state index contributed by atoms with van der Waals surface area (Å²) in [6.45, 7) is 8.12. The second kappa shape index (κ2) is 10.0. The van der Waals surface area contributed by atoms with Crippen LogP contribution in [0.4, 0.5) is 4.79 Å². The van der Waals surface area contributed by atoms with E-state index in [1.807, 2.05) is 23.7 Å². The van der Waals surface area contributed by atoms with E-state index in [4.69, 9.17) is 21.1 Å². The van der Waals surface area contributed by atoms with Gasteiger partial charge in [0.25, 0.3) is 0 Å². The molecule has 0 radical (unpaired) electrons. The highest BCUT2D eigenvalue weighted by molar-refractivity contribution is 6.30. The van der Waals surface area contributed by atoms with Crippen molar-refractivity contribution in [3.63, 3.8) is 0 Å². The lowest BCUT2D eigenvalue weighted by Crippen LogP contribution is -2.46. The van der Waals surface area contributed by atoms with Crippen LogP contribution in [0.2, 0.25) is 5.02 Å². The van der Waals surface area contributed by atoms with Gasteiger partial charge in [0.15, 0.2) is 5.78 Å². The summed E-state index contributed by atoms with van der Waals surface area (Å²) in [5, 5.41) is 5.15. The summed E-state index contributed by atoms with van der Waals surface area (Å²) in [4.78, 5) is 29.3. The Bertz CT molecular complexity index is 972. The first-order chi connectivity index (χ1) is 15.4. The van der Waals surface area contributed by atoms with Crippen LogP contribution in [-0.2, 0) is 29.2 Å². The first kappa shape index (κ1) is 22.8. The molecule has 1 atom stereocenters. The van der Waals surface area contributed by atoms with Crippen molar-refractivity contribution in [1.82, 2.24) is 19.6 Å². The standard InChI is InChI=1S/C23H29ClN4O4/c1-16-8-18(10-19(24)9-16)15-32-23(30)27-4-3-5-28-20(12-27)11-21(25-28)22(29)13-26-6-7-31-14-17(26)2/h8-11,17H,3-7,12-15H2,1-2H3. The lowest BCUT2D eigenvalue weighted by atomic mass is 10.1. The number of aromatic nitrogens is 2. The summed E-state index contributed by atoms with van der Waals surface area (Å²) in [5.41, 5.74) is 3.17. The normalized spacial score (nSPS) is 19.3. The number of carbonyl (C=O) groups is 2. The summed E-state index contributed by atoms with van der Waals surface area (Å²) < 4.78 is 12.8. The number of nitrogens with zero attached hydrogens (tertiary/aromatic N) is 4. The van der Waals surface area contributed by atoms with Gasteiger partial charge in [-0.05, 0) is 49.6 Å². The number of rotatable bonds is 5. The van der Waals surface area contributed by atoms with Gasteiger partial charge in [-0.2, -0.15) is 5.10 Å². The molecule has 2 aromatic rings.